The van der Waals surface area contributed by atoms with Crippen molar-refractivity contribution in [2.75, 3.05) is 5.75 Å². The van der Waals surface area contributed by atoms with Gasteiger partial charge in [0.1, 0.15) is 5.75 Å². The Balaban J connectivity index is 1.44. The maximum Gasteiger partial charge on any atom is 0.475 e. The van der Waals surface area contributed by atoms with Crippen LogP contribution in [0.5, 0.6) is 5.75 Å². The van der Waals surface area contributed by atoms with Crippen LogP contribution in [0.25, 0.3) is 10.9 Å². The fourth-order valence-electron chi connectivity index (χ4n) is 3.48. The van der Waals surface area contributed by atoms with Gasteiger partial charge in [-0.25, -0.2) is 0 Å². The molecular weight excluding hydrogens is 395 g/mol. The number of amides is 1. The molecule has 1 aromatic heterocycles. The minimum absolute atomic E-state index is 0.136. The molecule has 0 aliphatic carbocycles. The van der Waals surface area contributed by atoms with E-state index in [0.29, 0.717) is 19.3 Å². The summed E-state index contributed by atoms with van der Waals surface area (Å²) in [6, 6.07) is 5.11. The third kappa shape index (κ3) is 6.11. The first-order valence-corrected chi connectivity index (χ1v) is 12.1. The van der Waals surface area contributed by atoms with Gasteiger partial charge in [0.2, 0.25) is 5.91 Å². The predicted molar refractivity (Wildman–Crippen MR) is 117 cm³/mol. The molecule has 1 aliphatic heterocycles. The lowest BCUT2D eigenvalue weighted by atomic mass is 9.76. The first-order valence-electron chi connectivity index (χ1n) is 9.75. The van der Waals surface area contributed by atoms with Crippen LogP contribution in [-0.4, -0.2) is 50.1 Å². The van der Waals surface area contributed by atoms with Gasteiger partial charge in [0.05, 0.1) is 5.94 Å². The number of aromatic hydroxyl groups is 1. The van der Waals surface area contributed by atoms with Gasteiger partial charge < -0.3 is 25.5 Å². The molecule has 1 aliphatic rings. The molecule has 3 rings (SSSR count). The van der Waals surface area contributed by atoms with Crippen LogP contribution in [0.15, 0.2) is 24.4 Å². The summed E-state index contributed by atoms with van der Waals surface area (Å²) in [4.78, 5) is 15.3. The molecular formula is C19H27BN2O4S2. The number of hydrogen-bond donors (Lipinski definition) is 5. The van der Waals surface area contributed by atoms with E-state index in [-0.39, 0.29) is 11.7 Å². The Morgan fingerprint density at radius 3 is 2.96 bits per heavy atom. The molecule has 0 saturated carbocycles. The van der Waals surface area contributed by atoms with E-state index < -0.39 is 13.1 Å². The average molecular weight is 422 g/mol. The van der Waals surface area contributed by atoms with E-state index in [0.717, 1.165) is 41.0 Å². The van der Waals surface area contributed by atoms with Crippen LogP contribution in [0.3, 0.4) is 0 Å². The third-order valence-electron chi connectivity index (χ3n) is 5.09. The lowest BCUT2D eigenvalue weighted by Gasteiger charge is -2.18. The van der Waals surface area contributed by atoms with Crippen molar-refractivity contribution in [3.05, 3.63) is 30.0 Å². The number of aromatic nitrogens is 1. The Bertz CT molecular complexity index is 780. The van der Waals surface area contributed by atoms with Gasteiger partial charge in [0.25, 0.3) is 0 Å². The summed E-state index contributed by atoms with van der Waals surface area (Å²) in [7, 11) is 2.28. The van der Waals surface area contributed by atoms with Gasteiger partial charge in [-0.2, -0.15) is 0 Å². The topological polar surface area (TPSA) is 106 Å². The second kappa shape index (κ2) is 10.5. The number of phenols is 1. The summed E-state index contributed by atoms with van der Waals surface area (Å²) in [6.45, 7) is 0. The number of benzene rings is 1. The van der Waals surface area contributed by atoms with Crippen molar-refractivity contribution in [2.45, 2.75) is 56.1 Å². The minimum Gasteiger partial charge on any atom is -0.508 e. The van der Waals surface area contributed by atoms with Crippen LogP contribution in [0.1, 0.15) is 44.1 Å². The number of aryl methyl sites for hydroxylation is 1. The number of hydrogen-bond acceptors (Lipinski definition) is 6. The Labute approximate surface area is 173 Å². The maximum absolute atomic E-state index is 12.2. The van der Waals surface area contributed by atoms with Gasteiger partial charge in [-0.3, -0.25) is 4.79 Å². The molecule has 2 atom stereocenters. The summed E-state index contributed by atoms with van der Waals surface area (Å²) < 4.78 is 0. The van der Waals surface area contributed by atoms with Crippen molar-refractivity contribution in [3.8, 4) is 5.75 Å². The summed E-state index contributed by atoms with van der Waals surface area (Å²) in [5.41, 5.74) is 1.88. The van der Waals surface area contributed by atoms with Crippen molar-refractivity contribution in [1.29, 1.82) is 0 Å². The van der Waals surface area contributed by atoms with Gasteiger partial charge in [0, 0.05) is 34.5 Å². The number of H-pyrrole nitrogens is 1. The molecule has 0 spiro atoms. The number of aromatic amines is 1. The zero-order chi connectivity index (χ0) is 19.9. The number of rotatable bonds is 10. The van der Waals surface area contributed by atoms with Crippen LogP contribution in [0, 0.1) is 0 Å². The van der Waals surface area contributed by atoms with Crippen LogP contribution in [-0.2, 0) is 11.2 Å². The van der Waals surface area contributed by atoms with Gasteiger partial charge in [-0.15, -0.1) is 0 Å². The van der Waals surface area contributed by atoms with Crippen molar-refractivity contribution >= 4 is 45.5 Å². The third-order valence-corrected chi connectivity index (χ3v) is 8.10. The molecule has 6 nitrogen and oxygen atoms in total. The molecule has 1 aromatic carbocycles. The van der Waals surface area contributed by atoms with Gasteiger partial charge >= 0.3 is 7.12 Å². The highest BCUT2D eigenvalue weighted by Crippen LogP contribution is 2.39. The lowest BCUT2D eigenvalue weighted by molar-refractivity contribution is -0.121. The number of unbranched alkanes of at least 4 members (excludes halogenated alkanes) is 1. The Hall–Kier alpha value is -1.29. The molecule has 1 amide bonds. The van der Waals surface area contributed by atoms with E-state index in [1.807, 2.05) is 27.8 Å². The molecule has 152 valence electrons. The van der Waals surface area contributed by atoms with Crippen molar-refractivity contribution in [3.63, 3.8) is 0 Å². The van der Waals surface area contributed by atoms with Gasteiger partial charge in [-0.1, -0.05) is 28.0 Å². The van der Waals surface area contributed by atoms with E-state index in [4.69, 9.17) is 0 Å². The molecule has 2 aromatic rings. The number of fused-ring (bicyclic) bond motifs is 1. The molecule has 1 fully saturated rings. The van der Waals surface area contributed by atoms with Gasteiger partial charge in [0.15, 0.2) is 0 Å². The van der Waals surface area contributed by atoms with Crippen molar-refractivity contribution in [1.82, 2.24) is 10.3 Å². The lowest BCUT2D eigenvalue weighted by Crippen LogP contribution is -2.46. The Morgan fingerprint density at radius 1 is 1.36 bits per heavy atom. The fourth-order valence-corrected chi connectivity index (χ4v) is 6.51. The number of carbonyl (C=O) groups is 1. The van der Waals surface area contributed by atoms with E-state index in [9.17, 15) is 19.9 Å². The molecule has 28 heavy (non-hydrogen) atoms. The maximum atomic E-state index is 12.2. The highest BCUT2D eigenvalue weighted by Gasteiger charge is 2.25. The first kappa shape index (κ1) is 21.4. The highest BCUT2D eigenvalue weighted by molar-refractivity contribution is 8.77. The predicted octanol–water partition coefficient (Wildman–Crippen LogP) is 3.02. The molecule has 9 heteroatoms. The minimum atomic E-state index is -1.60. The zero-order valence-corrected chi connectivity index (χ0v) is 17.4. The molecule has 2 heterocycles. The Morgan fingerprint density at radius 2 is 2.21 bits per heavy atom. The number of carbonyl (C=O) groups excluding carboxylic acids is 1. The summed E-state index contributed by atoms with van der Waals surface area (Å²) in [5.74, 6) is 0.566. The average Bonchev–Trinajstić information content (AvgIpc) is 3.31. The van der Waals surface area contributed by atoms with Crippen LogP contribution in [0.4, 0.5) is 0 Å². The molecule has 5 N–H and O–H groups in total. The van der Waals surface area contributed by atoms with E-state index in [1.165, 1.54) is 12.2 Å². The summed E-state index contributed by atoms with van der Waals surface area (Å²) >= 11 is 0. The standard InChI is InChI=1S/C19H27BN2O4S2/c23-14-6-7-17-16(11-14)13(12-21-17)5-8-18(20(25)26)22-19(24)4-2-1-3-15-9-10-27-28-15/h6-7,11-12,15,18,21,23,25-26H,1-5,8-10H2,(H,22,24)/t15-,18?/m1/s1. The van der Waals surface area contributed by atoms with Crippen molar-refractivity contribution < 1.29 is 19.9 Å². The highest BCUT2D eigenvalue weighted by atomic mass is 33.1. The van der Waals surface area contributed by atoms with Gasteiger partial charge in [-0.05, 0) is 55.9 Å². The molecule has 0 bridgehead atoms. The monoisotopic (exact) mass is 422 g/mol. The molecule has 1 unspecified atom stereocenters. The van der Waals surface area contributed by atoms with E-state index in [2.05, 4.69) is 10.3 Å². The zero-order valence-electron chi connectivity index (χ0n) is 15.8. The number of phenolic OH excluding ortho intramolecular Hbond substituents is 1. The quantitative estimate of drug-likeness (QED) is 0.229. The summed E-state index contributed by atoms with van der Waals surface area (Å²) in [6.07, 6.45) is 7.47. The number of nitrogens with one attached hydrogen (secondary N) is 2. The second-order valence-electron chi connectivity index (χ2n) is 7.24. The second-order valence-corrected chi connectivity index (χ2v) is 10.0. The molecule has 1 saturated heterocycles. The largest absolute Gasteiger partial charge is 0.508 e. The molecule has 0 radical (unpaired) electrons. The van der Waals surface area contributed by atoms with Crippen LogP contribution >= 0.6 is 21.6 Å². The van der Waals surface area contributed by atoms with Crippen molar-refractivity contribution in [2.24, 2.45) is 0 Å². The normalized spacial score (nSPS) is 17.7. The van der Waals surface area contributed by atoms with E-state index in [1.54, 1.807) is 18.2 Å². The van der Waals surface area contributed by atoms with Crippen LogP contribution in [0.2, 0.25) is 0 Å². The summed E-state index contributed by atoms with van der Waals surface area (Å²) in [5, 5.41) is 33.4. The fraction of sp³-hybridized carbons (Fsp3) is 0.526. The van der Waals surface area contributed by atoms with E-state index >= 15 is 0 Å². The first-order chi connectivity index (χ1) is 13.5. The smallest absolute Gasteiger partial charge is 0.475 e. The van der Waals surface area contributed by atoms with Crippen LogP contribution < -0.4 is 5.32 Å². The Kier molecular flexibility index (Phi) is 8.02. The SMILES string of the molecule is O=C(CCCC[C@@H]1CCSS1)NC(CCc1c[nH]c2ccc(O)cc12)B(O)O.